The maximum absolute atomic E-state index is 12.5. The Bertz CT molecular complexity index is 1070. The van der Waals surface area contributed by atoms with Crippen molar-refractivity contribution in [1.82, 2.24) is 9.78 Å². The summed E-state index contributed by atoms with van der Waals surface area (Å²) in [7, 11) is 3.03. The maximum atomic E-state index is 12.5. The maximum Gasteiger partial charge on any atom is 0.324 e. The van der Waals surface area contributed by atoms with Gasteiger partial charge in [-0.3, -0.25) is 10.1 Å². The molecule has 1 aromatic carbocycles. The quantitative estimate of drug-likeness (QED) is 0.770. The van der Waals surface area contributed by atoms with Gasteiger partial charge in [-0.25, -0.2) is 9.79 Å². The molecular weight excluding hydrogens is 376 g/mol. The summed E-state index contributed by atoms with van der Waals surface area (Å²) in [6.07, 6.45) is 0. The molecule has 0 radical (unpaired) electrons. The van der Waals surface area contributed by atoms with Crippen LogP contribution < -0.4 is 20.1 Å². The van der Waals surface area contributed by atoms with Crippen LogP contribution in [-0.4, -0.2) is 47.6 Å². The Morgan fingerprint density at radius 2 is 1.79 bits per heavy atom. The molecule has 2 aromatic rings. The van der Waals surface area contributed by atoms with Gasteiger partial charge in [0.15, 0.2) is 11.5 Å². The molecule has 0 fully saturated rings. The molecule has 0 spiro atoms. The van der Waals surface area contributed by atoms with Crippen LogP contribution in [0.4, 0.5) is 16.3 Å². The summed E-state index contributed by atoms with van der Waals surface area (Å²) in [5.41, 5.74) is 1.77. The van der Waals surface area contributed by atoms with E-state index < -0.39 is 11.9 Å². The third-order valence-electron chi connectivity index (χ3n) is 4.07. The van der Waals surface area contributed by atoms with Gasteiger partial charge in [0, 0.05) is 17.8 Å². The lowest BCUT2D eigenvalue weighted by atomic mass is 10.2. The van der Waals surface area contributed by atoms with Crippen LogP contribution >= 0.6 is 0 Å². The molecule has 0 aliphatic carbocycles. The number of benzene rings is 1. The summed E-state index contributed by atoms with van der Waals surface area (Å²) in [4.78, 5) is 32.5. The molecule has 0 unspecified atom stereocenters. The van der Waals surface area contributed by atoms with Crippen LogP contribution in [0.1, 0.15) is 12.6 Å². The zero-order valence-corrected chi connectivity index (χ0v) is 16.4. The smallest absolute Gasteiger partial charge is 0.324 e. The molecule has 150 valence electrons. The number of aromatic nitrogens is 2. The van der Waals surface area contributed by atoms with Crippen LogP contribution in [-0.2, 0) is 4.79 Å². The zero-order valence-electron chi connectivity index (χ0n) is 16.4. The average Bonchev–Trinajstić information content (AvgIpc) is 3.05. The first-order valence-corrected chi connectivity index (χ1v) is 8.57. The third kappa shape index (κ3) is 4.15. The number of rotatable bonds is 4. The highest BCUT2D eigenvalue weighted by atomic mass is 16.5. The second-order valence-electron chi connectivity index (χ2n) is 6.12. The standard InChI is InChI=1S/C19H20N6O4/c1-10-8-16(25(24-10)18-20-12(3)11(2)17(26)23-18)22-19(27)21-13-6-7-14(28-4)15(9-13)29-5/h6-9H,2H2,1,3-5H3,(H2,21,22,27). The van der Waals surface area contributed by atoms with Crippen LogP contribution in [0.25, 0.3) is 0 Å². The number of aryl methyl sites for hydroxylation is 1. The first kappa shape index (κ1) is 19.8. The van der Waals surface area contributed by atoms with Gasteiger partial charge in [0.05, 0.1) is 31.2 Å². The molecule has 1 aliphatic rings. The highest BCUT2D eigenvalue weighted by molar-refractivity contribution is 6.27. The Morgan fingerprint density at radius 1 is 1.07 bits per heavy atom. The first-order valence-electron chi connectivity index (χ1n) is 8.57. The Morgan fingerprint density at radius 3 is 2.45 bits per heavy atom. The monoisotopic (exact) mass is 396 g/mol. The number of nitrogens with zero attached hydrogens (tertiary/aromatic N) is 4. The molecule has 29 heavy (non-hydrogen) atoms. The number of methoxy groups -OCH3 is 2. The van der Waals surface area contributed by atoms with Gasteiger partial charge in [0.1, 0.15) is 5.82 Å². The molecule has 0 atom stereocenters. The van der Waals surface area contributed by atoms with Crippen molar-refractivity contribution in [2.24, 2.45) is 9.98 Å². The highest BCUT2D eigenvalue weighted by Gasteiger charge is 2.21. The van der Waals surface area contributed by atoms with E-state index in [1.54, 1.807) is 38.1 Å². The molecule has 0 bridgehead atoms. The number of carbonyl (C=O) groups excluding carboxylic acids is 2. The minimum atomic E-state index is -0.522. The number of carbonyl (C=O) groups is 2. The van der Waals surface area contributed by atoms with Crippen LogP contribution in [0.5, 0.6) is 11.5 Å². The van der Waals surface area contributed by atoms with Crippen molar-refractivity contribution in [3.8, 4) is 11.5 Å². The van der Waals surface area contributed by atoms with Crippen molar-refractivity contribution in [3.63, 3.8) is 0 Å². The number of anilines is 2. The van der Waals surface area contributed by atoms with E-state index in [1.807, 2.05) is 0 Å². The van der Waals surface area contributed by atoms with E-state index in [2.05, 4.69) is 32.3 Å². The van der Waals surface area contributed by atoms with E-state index >= 15 is 0 Å². The van der Waals surface area contributed by atoms with E-state index in [-0.39, 0.29) is 11.5 Å². The molecule has 0 saturated heterocycles. The Hall–Kier alpha value is -3.95. The minimum Gasteiger partial charge on any atom is -0.493 e. The highest BCUT2D eigenvalue weighted by Crippen LogP contribution is 2.29. The van der Waals surface area contributed by atoms with E-state index in [4.69, 9.17) is 9.47 Å². The molecular formula is C19H20N6O4. The van der Waals surface area contributed by atoms with Crippen molar-refractivity contribution in [2.45, 2.75) is 13.8 Å². The lowest BCUT2D eigenvalue weighted by Crippen LogP contribution is -2.26. The number of amides is 3. The van der Waals surface area contributed by atoms with Gasteiger partial charge in [-0.2, -0.15) is 14.8 Å². The lowest BCUT2D eigenvalue weighted by molar-refractivity contribution is -0.113. The number of hydrogen-bond donors (Lipinski definition) is 2. The zero-order chi connectivity index (χ0) is 21.1. The minimum absolute atomic E-state index is 0.0504. The summed E-state index contributed by atoms with van der Waals surface area (Å²) >= 11 is 0. The summed E-state index contributed by atoms with van der Waals surface area (Å²) in [6, 6.07) is 6.09. The van der Waals surface area contributed by atoms with E-state index in [0.717, 1.165) is 0 Å². The van der Waals surface area contributed by atoms with E-state index in [0.29, 0.717) is 34.4 Å². The average molecular weight is 396 g/mol. The van der Waals surface area contributed by atoms with Gasteiger partial charge in [0.2, 0.25) is 0 Å². The normalized spacial score (nSPS) is 13.5. The lowest BCUT2D eigenvalue weighted by Gasteiger charge is -2.13. The van der Waals surface area contributed by atoms with Crippen molar-refractivity contribution in [1.29, 1.82) is 0 Å². The third-order valence-corrected chi connectivity index (χ3v) is 4.07. The molecule has 10 heteroatoms. The molecule has 3 rings (SSSR count). The molecule has 0 saturated carbocycles. The van der Waals surface area contributed by atoms with Gasteiger partial charge >= 0.3 is 6.03 Å². The number of urea groups is 1. The predicted octanol–water partition coefficient (Wildman–Crippen LogP) is 2.61. The molecule has 10 nitrogen and oxygen atoms in total. The van der Waals surface area contributed by atoms with Gasteiger partial charge in [0.25, 0.3) is 11.9 Å². The summed E-state index contributed by atoms with van der Waals surface area (Å²) in [5, 5.41) is 9.63. The SMILES string of the molecule is C=C1C(=O)N=C(n2nc(C)cc2NC(=O)Nc2ccc(OC)c(OC)c2)N=C1C. The van der Waals surface area contributed by atoms with Gasteiger partial charge < -0.3 is 14.8 Å². The number of ether oxygens (including phenoxy) is 2. The van der Waals surface area contributed by atoms with Crippen molar-refractivity contribution < 1.29 is 19.1 Å². The fourth-order valence-electron chi connectivity index (χ4n) is 2.58. The van der Waals surface area contributed by atoms with Gasteiger partial charge in [-0.1, -0.05) is 6.58 Å². The van der Waals surface area contributed by atoms with Crippen LogP contribution in [0.3, 0.4) is 0 Å². The van der Waals surface area contributed by atoms with Crippen molar-refractivity contribution in [2.75, 3.05) is 24.9 Å². The molecule has 3 amide bonds. The van der Waals surface area contributed by atoms with Crippen LogP contribution in [0, 0.1) is 6.92 Å². The number of hydrogen-bond acceptors (Lipinski definition) is 6. The predicted molar refractivity (Wildman–Crippen MR) is 109 cm³/mol. The van der Waals surface area contributed by atoms with E-state index in [1.165, 1.54) is 18.9 Å². The summed E-state index contributed by atoms with van der Waals surface area (Å²) < 4.78 is 11.7. The first-order chi connectivity index (χ1) is 13.8. The van der Waals surface area contributed by atoms with E-state index in [9.17, 15) is 9.59 Å². The van der Waals surface area contributed by atoms with Gasteiger partial charge in [-0.15, -0.1) is 0 Å². The Labute approximate surface area is 166 Å². The van der Waals surface area contributed by atoms with Crippen molar-refractivity contribution in [3.05, 3.63) is 42.1 Å². The second kappa shape index (κ2) is 7.97. The molecule has 2 N–H and O–H groups in total. The Kier molecular flexibility index (Phi) is 5.44. The topological polar surface area (TPSA) is 119 Å². The van der Waals surface area contributed by atoms with Crippen molar-refractivity contribution >= 4 is 35.1 Å². The van der Waals surface area contributed by atoms with Crippen LogP contribution in [0.15, 0.2) is 46.4 Å². The molecule has 1 aromatic heterocycles. The summed E-state index contributed by atoms with van der Waals surface area (Å²) in [5.74, 6) is 0.875. The number of aliphatic imine (C=N–C) groups is 2. The number of nitrogens with one attached hydrogen (secondary N) is 2. The van der Waals surface area contributed by atoms with Crippen LogP contribution in [0.2, 0.25) is 0 Å². The fourth-order valence-corrected chi connectivity index (χ4v) is 2.58. The fraction of sp³-hybridized carbons (Fsp3) is 0.211. The largest absolute Gasteiger partial charge is 0.493 e. The molecule has 1 aliphatic heterocycles. The van der Waals surface area contributed by atoms with Gasteiger partial charge in [-0.05, 0) is 26.0 Å². The Balaban J connectivity index is 1.81. The molecule has 2 heterocycles. The summed E-state index contributed by atoms with van der Waals surface area (Å²) in [6.45, 7) is 7.04. The second-order valence-corrected chi connectivity index (χ2v) is 6.12.